The molecule has 1 aliphatic heterocycles. The van der Waals surface area contributed by atoms with Crippen molar-refractivity contribution in [1.29, 1.82) is 0 Å². The van der Waals surface area contributed by atoms with Crippen molar-refractivity contribution in [1.82, 2.24) is 10.2 Å². The second kappa shape index (κ2) is 3.94. The van der Waals surface area contributed by atoms with Crippen LogP contribution >= 0.6 is 0 Å². The van der Waals surface area contributed by atoms with Crippen molar-refractivity contribution in [2.45, 2.75) is 46.1 Å². The van der Waals surface area contributed by atoms with Crippen LogP contribution in [0.3, 0.4) is 0 Å². The zero-order valence-corrected chi connectivity index (χ0v) is 9.39. The summed E-state index contributed by atoms with van der Waals surface area (Å²) in [6.45, 7) is 7.57. The van der Waals surface area contributed by atoms with E-state index >= 15 is 0 Å². The molecule has 0 aromatic heterocycles. The molecule has 0 saturated heterocycles. The van der Waals surface area contributed by atoms with Gasteiger partial charge in [0.1, 0.15) is 11.9 Å². The Balaban J connectivity index is 2.86. The Bertz CT molecular complexity index is 256. The van der Waals surface area contributed by atoms with Crippen LogP contribution < -0.4 is 5.32 Å². The first-order valence-electron chi connectivity index (χ1n) is 5.06. The predicted molar refractivity (Wildman–Crippen MR) is 52.9 cm³/mol. The maximum atomic E-state index is 12.5. The third kappa shape index (κ3) is 2.58. The SMILES string of the molecule is CC(C)C1NC(C(F)(F)F)=CN1C(C)C. The molecule has 0 radical (unpaired) electrons. The van der Waals surface area contributed by atoms with Gasteiger partial charge in [-0.2, -0.15) is 13.2 Å². The summed E-state index contributed by atoms with van der Waals surface area (Å²) in [5, 5.41) is 2.52. The molecular weight excluding hydrogens is 205 g/mol. The van der Waals surface area contributed by atoms with E-state index in [0.717, 1.165) is 0 Å². The Labute approximate surface area is 88.1 Å². The molecule has 1 rings (SSSR count). The largest absolute Gasteiger partial charge is 0.432 e. The van der Waals surface area contributed by atoms with Gasteiger partial charge in [-0.1, -0.05) is 13.8 Å². The van der Waals surface area contributed by atoms with Gasteiger partial charge in [-0.25, -0.2) is 0 Å². The fraction of sp³-hybridized carbons (Fsp3) is 0.800. The summed E-state index contributed by atoms with van der Waals surface area (Å²) >= 11 is 0. The zero-order chi connectivity index (χ0) is 11.8. The van der Waals surface area contributed by atoms with Crippen LogP contribution in [0.2, 0.25) is 0 Å². The normalized spacial score (nSPS) is 22.3. The standard InChI is InChI=1S/C10H17F3N2/c1-6(2)9-14-8(10(11,12)13)5-15(9)7(3)4/h5-7,9,14H,1-4H3. The quantitative estimate of drug-likeness (QED) is 0.772. The highest BCUT2D eigenvalue weighted by molar-refractivity contribution is 5.14. The molecule has 88 valence electrons. The highest BCUT2D eigenvalue weighted by Gasteiger charge is 2.41. The number of alkyl halides is 3. The summed E-state index contributed by atoms with van der Waals surface area (Å²) in [4.78, 5) is 1.72. The third-order valence-corrected chi connectivity index (χ3v) is 2.44. The molecule has 0 bridgehead atoms. The molecule has 0 amide bonds. The minimum atomic E-state index is -4.28. The van der Waals surface area contributed by atoms with Gasteiger partial charge < -0.3 is 10.2 Å². The van der Waals surface area contributed by atoms with E-state index < -0.39 is 11.9 Å². The van der Waals surface area contributed by atoms with E-state index in [2.05, 4.69) is 5.32 Å². The van der Waals surface area contributed by atoms with Crippen LogP contribution in [0.1, 0.15) is 27.7 Å². The molecule has 0 aromatic carbocycles. The molecule has 0 aliphatic carbocycles. The molecule has 0 spiro atoms. The van der Waals surface area contributed by atoms with Crippen molar-refractivity contribution >= 4 is 0 Å². The molecule has 1 atom stereocenters. The van der Waals surface area contributed by atoms with Crippen molar-refractivity contribution in [3.63, 3.8) is 0 Å². The van der Waals surface area contributed by atoms with E-state index in [9.17, 15) is 13.2 Å². The van der Waals surface area contributed by atoms with Crippen LogP contribution in [0.5, 0.6) is 0 Å². The predicted octanol–water partition coefficient (Wildman–Crippen LogP) is 2.69. The monoisotopic (exact) mass is 222 g/mol. The Hall–Kier alpha value is -0.870. The van der Waals surface area contributed by atoms with Crippen molar-refractivity contribution in [2.75, 3.05) is 0 Å². The maximum absolute atomic E-state index is 12.5. The first kappa shape index (κ1) is 12.2. The lowest BCUT2D eigenvalue weighted by Gasteiger charge is -2.31. The molecule has 5 heteroatoms. The number of hydrogen-bond acceptors (Lipinski definition) is 2. The van der Waals surface area contributed by atoms with Crippen LogP contribution in [0.15, 0.2) is 11.9 Å². The molecule has 15 heavy (non-hydrogen) atoms. The molecular formula is C10H17F3N2. The van der Waals surface area contributed by atoms with E-state index in [1.165, 1.54) is 6.20 Å². The van der Waals surface area contributed by atoms with Gasteiger partial charge in [-0.3, -0.25) is 0 Å². The first-order chi connectivity index (χ1) is 6.73. The van der Waals surface area contributed by atoms with Crippen LogP contribution in [0.4, 0.5) is 13.2 Å². The van der Waals surface area contributed by atoms with Crippen LogP contribution in [-0.2, 0) is 0 Å². The number of allylic oxidation sites excluding steroid dienone is 1. The van der Waals surface area contributed by atoms with E-state index in [4.69, 9.17) is 0 Å². The lowest BCUT2D eigenvalue weighted by atomic mass is 10.1. The molecule has 1 N–H and O–H groups in total. The van der Waals surface area contributed by atoms with E-state index in [1.807, 2.05) is 27.7 Å². The molecule has 1 aliphatic rings. The summed E-state index contributed by atoms with van der Waals surface area (Å²) in [5.41, 5.74) is -0.644. The number of nitrogens with one attached hydrogen (secondary N) is 1. The number of hydrogen-bond donors (Lipinski definition) is 1. The van der Waals surface area contributed by atoms with Crippen LogP contribution in [0, 0.1) is 5.92 Å². The van der Waals surface area contributed by atoms with Gasteiger partial charge in [-0.15, -0.1) is 0 Å². The number of nitrogens with zero attached hydrogens (tertiary/aromatic N) is 1. The minimum absolute atomic E-state index is 0.0600. The summed E-state index contributed by atoms with van der Waals surface area (Å²) in [7, 11) is 0. The van der Waals surface area contributed by atoms with Crippen molar-refractivity contribution in [2.24, 2.45) is 5.92 Å². The smallest absolute Gasteiger partial charge is 0.360 e. The third-order valence-electron chi connectivity index (χ3n) is 2.44. The fourth-order valence-electron chi connectivity index (χ4n) is 1.64. The highest BCUT2D eigenvalue weighted by Crippen LogP contribution is 2.30. The van der Waals surface area contributed by atoms with Crippen LogP contribution in [0.25, 0.3) is 0 Å². The summed E-state index contributed by atoms with van der Waals surface area (Å²) < 4.78 is 37.4. The van der Waals surface area contributed by atoms with Gasteiger partial charge in [0, 0.05) is 12.2 Å². The lowest BCUT2D eigenvalue weighted by Crippen LogP contribution is -2.44. The molecule has 0 aromatic rings. The van der Waals surface area contributed by atoms with Gasteiger partial charge in [0.25, 0.3) is 0 Å². The molecule has 0 saturated carbocycles. The van der Waals surface area contributed by atoms with Crippen LogP contribution in [-0.4, -0.2) is 23.3 Å². The van der Waals surface area contributed by atoms with E-state index in [-0.39, 0.29) is 18.1 Å². The molecule has 1 heterocycles. The molecule has 0 fully saturated rings. The lowest BCUT2D eigenvalue weighted by molar-refractivity contribution is -0.0966. The zero-order valence-electron chi connectivity index (χ0n) is 9.39. The topological polar surface area (TPSA) is 15.3 Å². The van der Waals surface area contributed by atoms with E-state index in [1.54, 1.807) is 4.90 Å². The Kier molecular flexibility index (Phi) is 3.21. The van der Waals surface area contributed by atoms with Gasteiger partial charge >= 0.3 is 6.18 Å². The Morgan fingerprint density at radius 1 is 1.27 bits per heavy atom. The average Bonchev–Trinajstić information content (AvgIpc) is 2.45. The second-order valence-corrected chi connectivity index (χ2v) is 4.41. The van der Waals surface area contributed by atoms with Crippen molar-refractivity contribution < 1.29 is 13.2 Å². The highest BCUT2D eigenvalue weighted by atomic mass is 19.4. The van der Waals surface area contributed by atoms with Gasteiger partial charge in [0.05, 0.1) is 0 Å². The second-order valence-electron chi connectivity index (χ2n) is 4.41. The number of halogens is 3. The fourth-order valence-corrected chi connectivity index (χ4v) is 1.64. The first-order valence-corrected chi connectivity index (χ1v) is 5.06. The van der Waals surface area contributed by atoms with Crippen molar-refractivity contribution in [3.05, 3.63) is 11.9 Å². The summed E-state index contributed by atoms with van der Waals surface area (Å²) in [5.74, 6) is 0.128. The maximum Gasteiger partial charge on any atom is 0.432 e. The molecule has 2 nitrogen and oxygen atoms in total. The minimum Gasteiger partial charge on any atom is -0.360 e. The van der Waals surface area contributed by atoms with Gasteiger partial charge in [0.2, 0.25) is 0 Å². The Morgan fingerprint density at radius 3 is 2.07 bits per heavy atom. The van der Waals surface area contributed by atoms with Gasteiger partial charge in [0.15, 0.2) is 0 Å². The van der Waals surface area contributed by atoms with Crippen molar-refractivity contribution in [3.8, 4) is 0 Å². The van der Waals surface area contributed by atoms with Gasteiger partial charge in [-0.05, 0) is 19.8 Å². The summed E-state index contributed by atoms with van der Waals surface area (Å²) in [6, 6.07) is 0.0600. The number of rotatable bonds is 2. The van der Waals surface area contributed by atoms with E-state index in [0.29, 0.717) is 0 Å². The summed E-state index contributed by atoms with van der Waals surface area (Å²) in [6.07, 6.45) is -3.37. The Morgan fingerprint density at radius 2 is 1.80 bits per heavy atom. The average molecular weight is 222 g/mol. The molecule has 1 unspecified atom stereocenters.